The van der Waals surface area contributed by atoms with E-state index >= 15 is 0 Å². The van der Waals surface area contributed by atoms with Crippen LogP contribution in [0, 0.1) is 5.92 Å². The molecule has 3 heterocycles. The monoisotopic (exact) mass is 245 g/mol. The molecule has 0 bridgehead atoms. The molecule has 3 heteroatoms. The van der Waals surface area contributed by atoms with Gasteiger partial charge in [0.25, 0.3) is 0 Å². The van der Waals surface area contributed by atoms with E-state index in [9.17, 15) is 0 Å². The Morgan fingerprint density at radius 1 is 1.17 bits per heavy atom. The van der Waals surface area contributed by atoms with Crippen molar-refractivity contribution in [2.45, 2.75) is 38.1 Å². The van der Waals surface area contributed by atoms with E-state index in [0.29, 0.717) is 0 Å². The Balaban J connectivity index is 1.58. The van der Waals surface area contributed by atoms with Gasteiger partial charge in [-0.1, -0.05) is 12.5 Å². The minimum absolute atomic E-state index is 0.807. The maximum Gasteiger partial charge on any atom is 0.125 e. The summed E-state index contributed by atoms with van der Waals surface area (Å²) in [5.41, 5.74) is 0. The number of anilines is 1. The molecule has 2 fully saturated rings. The zero-order chi connectivity index (χ0) is 12.2. The van der Waals surface area contributed by atoms with Crippen LogP contribution in [0.3, 0.4) is 0 Å². The summed E-state index contributed by atoms with van der Waals surface area (Å²) in [6.45, 7) is 3.73. The number of piperidine rings is 2. The number of nitrogens with one attached hydrogen (secondary N) is 1. The van der Waals surface area contributed by atoms with E-state index in [0.717, 1.165) is 24.3 Å². The van der Waals surface area contributed by atoms with Crippen LogP contribution in [0.15, 0.2) is 24.4 Å². The average Bonchev–Trinajstić information content (AvgIpc) is 2.46. The lowest BCUT2D eigenvalue weighted by Gasteiger charge is -2.44. The van der Waals surface area contributed by atoms with E-state index in [1.54, 1.807) is 0 Å². The molecule has 2 saturated heterocycles. The van der Waals surface area contributed by atoms with E-state index in [2.05, 4.69) is 21.3 Å². The molecular weight excluding hydrogens is 222 g/mol. The van der Waals surface area contributed by atoms with Gasteiger partial charge in [0.1, 0.15) is 5.82 Å². The predicted molar refractivity (Wildman–Crippen MR) is 74.7 cm³/mol. The number of aromatic nitrogens is 1. The van der Waals surface area contributed by atoms with Crippen molar-refractivity contribution in [1.29, 1.82) is 0 Å². The summed E-state index contributed by atoms with van der Waals surface area (Å²) in [5.74, 6) is 1.83. The number of nitrogens with zero attached hydrogens (tertiary/aromatic N) is 2. The second-order valence-electron chi connectivity index (χ2n) is 5.60. The first-order valence-electron chi connectivity index (χ1n) is 7.32. The highest BCUT2D eigenvalue weighted by atomic mass is 15.2. The van der Waals surface area contributed by atoms with Gasteiger partial charge in [0.15, 0.2) is 0 Å². The Morgan fingerprint density at radius 2 is 2.11 bits per heavy atom. The topological polar surface area (TPSA) is 28.2 Å². The smallest absolute Gasteiger partial charge is 0.125 e. The fraction of sp³-hybridized carbons (Fsp3) is 0.667. The minimum atomic E-state index is 0.807. The van der Waals surface area contributed by atoms with Crippen molar-refractivity contribution in [3.8, 4) is 0 Å². The van der Waals surface area contributed by atoms with Crippen LogP contribution in [0.5, 0.6) is 0 Å². The van der Waals surface area contributed by atoms with Crippen molar-refractivity contribution in [2.75, 3.05) is 25.0 Å². The van der Waals surface area contributed by atoms with Crippen molar-refractivity contribution in [2.24, 2.45) is 5.92 Å². The van der Waals surface area contributed by atoms with Crippen LogP contribution in [-0.4, -0.2) is 35.6 Å². The fourth-order valence-electron chi connectivity index (χ4n) is 3.52. The molecule has 1 N–H and O–H groups in total. The fourth-order valence-corrected chi connectivity index (χ4v) is 3.52. The third-order valence-corrected chi connectivity index (χ3v) is 4.44. The van der Waals surface area contributed by atoms with Crippen molar-refractivity contribution < 1.29 is 0 Å². The van der Waals surface area contributed by atoms with Crippen LogP contribution in [-0.2, 0) is 0 Å². The normalized spacial score (nSPS) is 28.7. The first-order chi connectivity index (χ1) is 8.93. The van der Waals surface area contributed by atoms with Crippen molar-refractivity contribution in [3.05, 3.63) is 24.4 Å². The Kier molecular flexibility index (Phi) is 3.79. The molecule has 0 aromatic carbocycles. The zero-order valence-corrected chi connectivity index (χ0v) is 11.0. The molecule has 3 nitrogen and oxygen atoms in total. The number of hydrogen-bond acceptors (Lipinski definition) is 3. The lowest BCUT2D eigenvalue weighted by molar-refractivity contribution is 0.0649. The summed E-state index contributed by atoms with van der Waals surface area (Å²) in [6, 6.07) is 6.89. The maximum atomic E-state index is 4.34. The Bertz CT molecular complexity index is 363. The number of hydrogen-bond donors (Lipinski definition) is 1. The molecule has 3 rings (SSSR count). The first-order valence-corrected chi connectivity index (χ1v) is 7.32. The van der Waals surface area contributed by atoms with Gasteiger partial charge >= 0.3 is 0 Å². The zero-order valence-electron chi connectivity index (χ0n) is 11.0. The molecule has 98 valence electrons. The third-order valence-electron chi connectivity index (χ3n) is 4.44. The summed E-state index contributed by atoms with van der Waals surface area (Å²) in [4.78, 5) is 7.06. The predicted octanol–water partition coefficient (Wildman–Crippen LogP) is 2.76. The van der Waals surface area contributed by atoms with Crippen LogP contribution >= 0.6 is 0 Å². The van der Waals surface area contributed by atoms with E-state index in [-0.39, 0.29) is 0 Å². The van der Waals surface area contributed by atoms with Crippen LogP contribution in [0.4, 0.5) is 5.82 Å². The van der Waals surface area contributed by atoms with Gasteiger partial charge < -0.3 is 10.2 Å². The summed E-state index contributed by atoms with van der Waals surface area (Å²) in [6.07, 6.45) is 8.81. The molecule has 0 saturated carbocycles. The Morgan fingerprint density at radius 3 is 3.00 bits per heavy atom. The van der Waals surface area contributed by atoms with Gasteiger partial charge in [-0.25, -0.2) is 4.98 Å². The summed E-state index contributed by atoms with van der Waals surface area (Å²) >= 11 is 0. The van der Waals surface area contributed by atoms with Crippen molar-refractivity contribution in [1.82, 2.24) is 9.88 Å². The first kappa shape index (κ1) is 12.0. The van der Waals surface area contributed by atoms with Gasteiger partial charge in [-0.3, -0.25) is 0 Å². The van der Waals surface area contributed by atoms with Crippen molar-refractivity contribution >= 4 is 5.82 Å². The molecule has 2 atom stereocenters. The standard InChI is InChI=1S/C15H23N3/c1-3-9-16-15(8-1)17-12-13-6-5-11-18-10-4-2-7-14(13)18/h1,3,8-9,13-14H,2,4-7,10-12H2,(H,16,17). The van der Waals surface area contributed by atoms with E-state index in [1.165, 1.54) is 45.2 Å². The van der Waals surface area contributed by atoms with Gasteiger partial charge in [0, 0.05) is 18.8 Å². The van der Waals surface area contributed by atoms with Gasteiger partial charge in [-0.15, -0.1) is 0 Å². The summed E-state index contributed by atoms with van der Waals surface area (Å²) in [7, 11) is 0. The second-order valence-corrected chi connectivity index (χ2v) is 5.60. The van der Waals surface area contributed by atoms with Crippen molar-refractivity contribution in [3.63, 3.8) is 0 Å². The van der Waals surface area contributed by atoms with Gasteiger partial charge in [-0.05, 0) is 56.8 Å². The molecule has 0 radical (unpaired) electrons. The molecule has 0 spiro atoms. The molecule has 1 aromatic heterocycles. The number of rotatable bonds is 3. The van der Waals surface area contributed by atoms with Gasteiger partial charge in [0.2, 0.25) is 0 Å². The molecule has 2 aliphatic heterocycles. The third kappa shape index (κ3) is 2.66. The SMILES string of the molecule is c1ccc(NCC2CCCN3CCCCC23)nc1. The van der Waals surface area contributed by atoms with Crippen LogP contribution < -0.4 is 5.32 Å². The molecule has 0 amide bonds. The highest BCUT2D eigenvalue weighted by Crippen LogP contribution is 2.30. The van der Waals surface area contributed by atoms with E-state index < -0.39 is 0 Å². The average molecular weight is 245 g/mol. The van der Waals surface area contributed by atoms with Gasteiger partial charge in [-0.2, -0.15) is 0 Å². The molecule has 2 unspecified atom stereocenters. The summed E-state index contributed by atoms with van der Waals surface area (Å²) < 4.78 is 0. The van der Waals surface area contributed by atoms with E-state index in [1.807, 2.05) is 18.3 Å². The van der Waals surface area contributed by atoms with E-state index in [4.69, 9.17) is 0 Å². The highest BCUT2D eigenvalue weighted by Gasteiger charge is 2.32. The second kappa shape index (κ2) is 5.70. The maximum absolute atomic E-state index is 4.34. The largest absolute Gasteiger partial charge is 0.370 e. The number of pyridine rings is 1. The molecule has 18 heavy (non-hydrogen) atoms. The lowest BCUT2D eigenvalue weighted by atomic mass is 9.83. The molecule has 1 aromatic rings. The summed E-state index contributed by atoms with van der Waals surface area (Å²) in [5, 5.41) is 3.51. The van der Waals surface area contributed by atoms with Gasteiger partial charge in [0.05, 0.1) is 0 Å². The van der Waals surface area contributed by atoms with Crippen LogP contribution in [0.1, 0.15) is 32.1 Å². The quantitative estimate of drug-likeness (QED) is 0.887. The lowest BCUT2D eigenvalue weighted by Crippen LogP contribution is -2.49. The molecular formula is C15H23N3. The van der Waals surface area contributed by atoms with Crippen LogP contribution in [0.25, 0.3) is 0 Å². The Labute approximate surface area is 110 Å². The van der Waals surface area contributed by atoms with Crippen LogP contribution in [0.2, 0.25) is 0 Å². The highest BCUT2D eigenvalue weighted by molar-refractivity contribution is 5.33. The minimum Gasteiger partial charge on any atom is -0.370 e. The Hall–Kier alpha value is -1.09. The molecule has 0 aliphatic carbocycles. The number of fused-ring (bicyclic) bond motifs is 1. The molecule has 2 aliphatic rings.